The molecule has 7 heteroatoms. The normalized spacial score (nSPS) is 15.9. The molecule has 1 heterocycles. The molecule has 2 aromatic rings. The Hall–Kier alpha value is -2.57. The van der Waals surface area contributed by atoms with E-state index in [0.29, 0.717) is 0 Å². The van der Waals surface area contributed by atoms with Crippen LogP contribution in [0.2, 0.25) is 0 Å². The molecule has 1 amide bonds. The number of nitrogens with one attached hydrogen (secondary N) is 1. The van der Waals surface area contributed by atoms with Gasteiger partial charge in [0.05, 0.1) is 17.5 Å². The van der Waals surface area contributed by atoms with E-state index in [-0.39, 0.29) is 30.6 Å². The van der Waals surface area contributed by atoms with Crippen molar-refractivity contribution in [2.75, 3.05) is 0 Å². The Labute approximate surface area is 151 Å². The van der Waals surface area contributed by atoms with Crippen molar-refractivity contribution in [1.29, 1.82) is 0 Å². The van der Waals surface area contributed by atoms with Gasteiger partial charge in [-0.1, -0.05) is 25.0 Å². The third-order valence-corrected chi connectivity index (χ3v) is 4.97. The second-order valence-corrected chi connectivity index (χ2v) is 6.85. The Kier molecular flexibility index (Phi) is 5.44. The van der Waals surface area contributed by atoms with E-state index < -0.39 is 12.1 Å². The van der Waals surface area contributed by atoms with E-state index >= 15 is 0 Å². The lowest BCUT2D eigenvalue weighted by Gasteiger charge is -2.17. The number of esters is 1. The first kappa shape index (κ1) is 18.2. The Balaban J connectivity index is 1.56. The summed E-state index contributed by atoms with van der Waals surface area (Å²) in [7, 11) is 1.70. The lowest BCUT2D eigenvalue weighted by Crippen LogP contribution is -2.41. The highest BCUT2D eigenvalue weighted by atomic mass is 16.5. The van der Waals surface area contributed by atoms with E-state index in [1.807, 2.05) is 24.3 Å². The highest BCUT2D eigenvalue weighted by Gasteiger charge is 2.23. The first-order valence-electron chi connectivity index (χ1n) is 9.11. The van der Waals surface area contributed by atoms with Gasteiger partial charge in [0, 0.05) is 19.6 Å². The van der Waals surface area contributed by atoms with Crippen LogP contribution in [0, 0.1) is 0 Å². The summed E-state index contributed by atoms with van der Waals surface area (Å²) in [4.78, 5) is 36.5. The zero-order valence-corrected chi connectivity index (χ0v) is 15.2. The molecule has 0 aliphatic heterocycles. The second-order valence-electron chi connectivity index (χ2n) is 6.85. The number of aryl methyl sites for hydroxylation is 2. The van der Waals surface area contributed by atoms with Crippen LogP contribution in [0.5, 0.6) is 0 Å². The number of nitrogens with zero attached hydrogens (tertiary/aromatic N) is 2. The van der Waals surface area contributed by atoms with Crippen LogP contribution in [-0.2, 0) is 27.9 Å². The summed E-state index contributed by atoms with van der Waals surface area (Å²) in [5.74, 6) is -0.744. The molecule has 0 bridgehead atoms. The number of fused-ring (bicyclic) bond motifs is 1. The van der Waals surface area contributed by atoms with Gasteiger partial charge in [-0.05, 0) is 31.9 Å². The number of carbonyl (C=O) groups is 2. The van der Waals surface area contributed by atoms with Gasteiger partial charge in [-0.3, -0.25) is 18.7 Å². The van der Waals surface area contributed by atoms with Crippen molar-refractivity contribution in [3.05, 3.63) is 34.7 Å². The molecule has 1 aliphatic carbocycles. The number of para-hydroxylation sites is 2. The van der Waals surface area contributed by atoms with Gasteiger partial charge in [0.1, 0.15) is 0 Å². The number of benzene rings is 1. The van der Waals surface area contributed by atoms with E-state index in [9.17, 15) is 14.4 Å². The number of carbonyl (C=O) groups excluding carboxylic acids is 2. The summed E-state index contributed by atoms with van der Waals surface area (Å²) >= 11 is 0. The topological polar surface area (TPSA) is 82.3 Å². The minimum atomic E-state index is -0.827. The molecule has 1 aromatic heterocycles. The maximum absolute atomic E-state index is 12.3. The second kappa shape index (κ2) is 7.76. The molecule has 1 N–H and O–H groups in total. The quantitative estimate of drug-likeness (QED) is 0.796. The van der Waals surface area contributed by atoms with Gasteiger partial charge in [-0.25, -0.2) is 4.79 Å². The summed E-state index contributed by atoms with van der Waals surface area (Å²) in [6, 6.07) is 7.62. The van der Waals surface area contributed by atoms with Crippen molar-refractivity contribution < 1.29 is 14.3 Å². The van der Waals surface area contributed by atoms with Gasteiger partial charge in [0.15, 0.2) is 6.10 Å². The molecular formula is C19H25N3O4. The number of hydrogen-bond acceptors (Lipinski definition) is 4. The Morgan fingerprint density at radius 3 is 2.58 bits per heavy atom. The number of imidazole rings is 1. The van der Waals surface area contributed by atoms with Crippen molar-refractivity contribution in [2.24, 2.45) is 7.05 Å². The number of ether oxygens (including phenoxy) is 1. The van der Waals surface area contributed by atoms with Crippen molar-refractivity contribution in [3.63, 3.8) is 0 Å². The van der Waals surface area contributed by atoms with Crippen LogP contribution in [0.25, 0.3) is 11.0 Å². The molecule has 1 saturated carbocycles. The molecule has 1 fully saturated rings. The standard InChI is InChI=1S/C19H25N3O4/c1-13(18(24)20-14-7-3-4-8-14)26-17(23)11-12-22-16-10-6-5-9-15(16)21(2)19(22)25/h5-6,9-10,13-14H,3-4,7-8,11-12H2,1-2H3,(H,20,24). The van der Waals surface area contributed by atoms with Gasteiger partial charge in [0.2, 0.25) is 0 Å². The molecule has 26 heavy (non-hydrogen) atoms. The van der Waals surface area contributed by atoms with Crippen molar-refractivity contribution in [3.8, 4) is 0 Å². The van der Waals surface area contributed by atoms with Crippen LogP contribution in [0.1, 0.15) is 39.0 Å². The average Bonchev–Trinajstić information content (AvgIpc) is 3.21. The molecule has 1 aromatic carbocycles. The Bertz CT molecular complexity index is 861. The van der Waals surface area contributed by atoms with Crippen LogP contribution in [0.4, 0.5) is 0 Å². The fourth-order valence-electron chi connectivity index (χ4n) is 3.48. The van der Waals surface area contributed by atoms with Crippen molar-refractivity contribution in [1.82, 2.24) is 14.5 Å². The maximum Gasteiger partial charge on any atom is 0.328 e. The van der Waals surface area contributed by atoms with Gasteiger partial charge < -0.3 is 10.1 Å². The SMILES string of the molecule is CC(OC(=O)CCn1c(=O)n(C)c2ccccc21)C(=O)NC1CCCC1. The lowest BCUT2D eigenvalue weighted by atomic mass is 10.2. The minimum Gasteiger partial charge on any atom is -0.452 e. The molecule has 1 unspecified atom stereocenters. The number of hydrogen-bond donors (Lipinski definition) is 1. The monoisotopic (exact) mass is 359 g/mol. The third-order valence-electron chi connectivity index (χ3n) is 4.97. The third kappa shape index (κ3) is 3.81. The van der Waals surface area contributed by atoms with E-state index in [1.54, 1.807) is 23.1 Å². The fourth-order valence-corrected chi connectivity index (χ4v) is 3.48. The van der Waals surface area contributed by atoms with E-state index in [4.69, 9.17) is 4.74 Å². The van der Waals surface area contributed by atoms with E-state index in [1.165, 1.54) is 0 Å². The number of aromatic nitrogens is 2. The van der Waals surface area contributed by atoms with Crippen molar-refractivity contribution in [2.45, 2.75) is 57.7 Å². The molecular weight excluding hydrogens is 334 g/mol. The molecule has 0 saturated heterocycles. The lowest BCUT2D eigenvalue weighted by molar-refractivity contribution is -0.155. The van der Waals surface area contributed by atoms with E-state index in [0.717, 1.165) is 36.7 Å². The first-order chi connectivity index (χ1) is 12.5. The summed E-state index contributed by atoms with van der Waals surface area (Å²) in [6.45, 7) is 1.79. The molecule has 140 valence electrons. The van der Waals surface area contributed by atoms with Gasteiger partial charge in [-0.15, -0.1) is 0 Å². The molecule has 7 nitrogen and oxygen atoms in total. The van der Waals surface area contributed by atoms with Gasteiger partial charge in [0.25, 0.3) is 5.91 Å². The van der Waals surface area contributed by atoms with Gasteiger partial charge in [-0.2, -0.15) is 0 Å². The largest absolute Gasteiger partial charge is 0.452 e. The summed E-state index contributed by atoms with van der Waals surface area (Å²) in [5.41, 5.74) is 1.42. The molecule has 3 rings (SSSR count). The summed E-state index contributed by atoms with van der Waals surface area (Å²) in [6.07, 6.45) is 3.42. The molecule has 0 spiro atoms. The van der Waals surface area contributed by atoms with Crippen LogP contribution < -0.4 is 11.0 Å². The smallest absolute Gasteiger partial charge is 0.328 e. The molecule has 1 aliphatic rings. The number of rotatable bonds is 6. The Morgan fingerprint density at radius 1 is 1.23 bits per heavy atom. The Morgan fingerprint density at radius 2 is 1.88 bits per heavy atom. The average molecular weight is 359 g/mol. The van der Waals surface area contributed by atoms with Crippen LogP contribution in [-0.4, -0.2) is 33.2 Å². The highest BCUT2D eigenvalue weighted by Crippen LogP contribution is 2.18. The van der Waals surface area contributed by atoms with Crippen molar-refractivity contribution >= 4 is 22.9 Å². The van der Waals surface area contributed by atoms with Crippen LogP contribution in [0.15, 0.2) is 29.1 Å². The summed E-state index contributed by atoms with van der Waals surface area (Å²) < 4.78 is 8.34. The van der Waals surface area contributed by atoms with Gasteiger partial charge >= 0.3 is 11.7 Å². The first-order valence-corrected chi connectivity index (χ1v) is 9.11. The zero-order valence-electron chi connectivity index (χ0n) is 15.2. The predicted molar refractivity (Wildman–Crippen MR) is 97.7 cm³/mol. The summed E-state index contributed by atoms with van der Waals surface area (Å²) in [5, 5.41) is 2.92. The van der Waals surface area contributed by atoms with E-state index in [2.05, 4.69) is 5.32 Å². The number of amides is 1. The fraction of sp³-hybridized carbons (Fsp3) is 0.526. The van der Waals surface area contributed by atoms with Crippen LogP contribution in [0.3, 0.4) is 0 Å². The van der Waals surface area contributed by atoms with Crippen LogP contribution >= 0.6 is 0 Å². The molecule has 1 atom stereocenters. The molecule has 0 radical (unpaired) electrons. The minimum absolute atomic E-state index is 0.0367. The maximum atomic E-state index is 12.3. The predicted octanol–water partition coefficient (Wildman–Crippen LogP) is 1.72. The highest BCUT2D eigenvalue weighted by molar-refractivity contribution is 5.83. The zero-order chi connectivity index (χ0) is 18.7.